The molecule has 0 aliphatic heterocycles. The molecule has 146 valence electrons. The van der Waals surface area contributed by atoms with Gasteiger partial charge in [-0.05, 0) is 24.3 Å². The van der Waals surface area contributed by atoms with Crippen LogP contribution >= 0.6 is 0 Å². The zero-order valence-corrected chi connectivity index (χ0v) is 15.7. The van der Waals surface area contributed by atoms with Gasteiger partial charge in [-0.2, -0.15) is 15.2 Å². The molecule has 0 bridgehead atoms. The van der Waals surface area contributed by atoms with Crippen LogP contribution in [0.2, 0.25) is 0 Å². The van der Waals surface area contributed by atoms with E-state index in [9.17, 15) is 9.59 Å². The number of ether oxygens (including phenoxy) is 1. The van der Waals surface area contributed by atoms with Crippen LogP contribution in [0.1, 0.15) is 26.3 Å². The summed E-state index contributed by atoms with van der Waals surface area (Å²) >= 11 is 0. The maximum absolute atomic E-state index is 12.4. The number of hydrogen-bond donors (Lipinski definition) is 2. The summed E-state index contributed by atoms with van der Waals surface area (Å²) in [6, 6.07) is 15.5. The van der Waals surface area contributed by atoms with Gasteiger partial charge in [-0.15, -0.1) is 0 Å². The first-order valence-electron chi connectivity index (χ1n) is 8.56. The molecule has 0 saturated carbocycles. The first-order valence-corrected chi connectivity index (χ1v) is 8.56. The molecule has 0 aliphatic carbocycles. The topological polar surface area (TPSA) is 121 Å². The van der Waals surface area contributed by atoms with E-state index in [-0.39, 0.29) is 17.6 Å². The summed E-state index contributed by atoms with van der Waals surface area (Å²) in [5.74, 6) is -0.742. The molecule has 0 radical (unpaired) electrons. The summed E-state index contributed by atoms with van der Waals surface area (Å²) in [7, 11) is 1.39. The van der Waals surface area contributed by atoms with Gasteiger partial charge in [0.2, 0.25) is 11.8 Å². The molecule has 1 heterocycles. The summed E-state index contributed by atoms with van der Waals surface area (Å²) in [5.41, 5.74) is 1.50. The number of methoxy groups -OCH3 is 1. The van der Waals surface area contributed by atoms with Gasteiger partial charge in [0.1, 0.15) is 5.82 Å². The number of carbonyl (C=O) groups excluding carboxylic acids is 2. The molecule has 1 aromatic heterocycles. The third kappa shape index (κ3) is 4.74. The summed E-state index contributed by atoms with van der Waals surface area (Å²) < 4.78 is 5.11. The van der Waals surface area contributed by atoms with E-state index in [1.165, 1.54) is 61.7 Å². The minimum atomic E-state index is -0.486. The van der Waals surface area contributed by atoms with Gasteiger partial charge < -0.3 is 10.1 Å². The Balaban J connectivity index is 1.78. The summed E-state index contributed by atoms with van der Waals surface area (Å²) in [6.07, 6.45) is 0. The minimum absolute atomic E-state index is 0.0673. The number of nitrogens with zero attached hydrogens (tertiary/aromatic N) is 4. The average molecular weight is 398 g/mol. The molecule has 3 rings (SSSR count). The molecular formula is C21H14N6O3. The van der Waals surface area contributed by atoms with Gasteiger partial charge in [0.05, 0.1) is 25.3 Å². The van der Waals surface area contributed by atoms with Gasteiger partial charge in [-0.3, -0.25) is 14.9 Å². The fourth-order valence-corrected chi connectivity index (χ4v) is 2.40. The zero-order chi connectivity index (χ0) is 21.5. The molecule has 0 aliphatic rings. The predicted molar refractivity (Wildman–Crippen MR) is 108 cm³/mol. The van der Waals surface area contributed by atoms with E-state index in [0.29, 0.717) is 22.4 Å². The van der Waals surface area contributed by atoms with Crippen molar-refractivity contribution < 1.29 is 14.3 Å². The number of benzene rings is 2. The van der Waals surface area contributed by atoms with Crippen molar-refractivity contribution in [3.63, 3.8) is 0 Å². The molecule has 3 aromatic rings. The van der Waals surface area contributed by atoms with E-state index in [0.717, 1.165) is 0 Å². The normalized spacial score (nSPS) is 9.70. The highest BCUT2D eigenvalue weighted by molar-refractivity contribution is 6.05. The van der Waals surface area contributed by atoms with Crippen LogP contribution in [0.15, 0.2) is 54.6 Å². The number of anilines is 2. The van der Waals surface area contributed by atoms with Gasteiger partial charge in [0.25, 0.3) is 11.8 Å². The van der Waals surface area contributed by atoms with Crippen molar-refractivity contribution in [1.82, 2.24) is 9.97 Å². The Hall–Kier alpha value is -4.76. The second-order valence-corrected chi connectivity index (χ2v) is 5.88. The number of carbonyl (C=O) groups is 2. The maximum atomic E-state index is 12.4. The number of aromatic nitrogens is 2. The van der Waals surface area contributed by atoms with Crippen molar-refractivity contribution in [2.24, 2.45) is 0 Å². The average Bonchev–Trinajstić information content (AvgIpc) is 2.78. The van der Waals surface area contributed by atoms with Gasteiger partial charge in [-0.25, -0.2) is 4.85 Å². The van der Waals surface area contributed by atoms with Crippen LogP contribution in [0.5, 0.6) is 5.88 Å². The van der Waals surface area contributed by atoms with Crippen LogP contribution in [-0.2, 0) is 0 Å². The molecule has 9 heteroatoms. The SMILES string of the molecule is [C-]#[N+]c1ccc(C(=O)Nc2cc(OC)nc(NC(=O)c3ccc(C#N)cc3)n2)cc1. The smallest absolute Gasteiger partial charge is 0.258 e. The largest absolute Gasteiger partial charge is 0.481 e. The Bertz CT molecular complexity index is 1090. The first kappa shape index (κ1) is 20.0. The lowest BCUT2D eigenvalue weighted by atomic mass is 10.1. The Labute approximate surface area is 171 Å². The highest BCUT2D eigenvalue weighted by Crippen LogP contribution is 2.18. The molecule has 9 nitrogen and oxygen atoms in total. The Kier molecular flexibility index (Phi) is 5.96. The Morgan fingerprint density at radius 2 is 1.60 bits per heavy atom. The third-order valence-corrected chi connectivity index (χ3v) is 3.91. The number of rotatable bonds is 5. The van der Waals surface area contributed by atoms with Crippen molar-refractivity contribution in [3.05, 3.63) is 82.7 Å². The zero-order valence-electron chi connectivity index (χ0n) is 15.7. The molecular weight excluding hydrogens is 384 g/mol. The molecule has 0 unspecified atom stereocenters. The van der Waals surface area contributed by atoms with Crippen molar-refractivity contribution in [2.45, 2.75) is 0 Å². The lowest BCUT2D eigenvalue weighted by Gasteiger charge is -2.10. The summed E-state index contributed by atoms with van der Waals surface area (Å²) in [5, 5.41) is 14.0. The van der Waals surface area contributed by atoms with E-state index in [2.05, 4.69) is 25.4 Å². The van der Waals surface area contributed by atoms with E-state index in [4.69, 9.17) is 16.6 Å². The fraction of sp³-hybridized carbons (Fsp3) is 0.0476. The number of hydrogen-bond acceptors (Lipinski definition) is 6. The quantitative estimate of drug-likeness (QED) is 0.635. The second kappa shape index (κ2) is 8.95. The van der Waals surface area contributed by atoms with Crippen molar-refractivity contribution in [1.29, 1.82) is 5.26 Å². The molecule has 30 heavy (non-hydrogen) atoms. The molecule has 0 fully saturated rings. The van der Waals surface area contributed by atoms with E-state index >= 15 is 0 Å². The standard InChI is InChI=1S/C21H14N6O3/c1-23-16-9-7-15(8-10-16)19(28)24-17-11-18(30-2)26-21(25-17)27-20(29)14-5-3-13(12-22)4-6-14/h3-11H,2H3,(H2,24,25,26,27,28,29). The van der Waals surface area contributed by atoms with Crippen molar-refractivity contribution >= 4 is 29.3 Å². The van der Waals surface area contributed by atoms with Crippen LogP contribution in [0.4, 0.5) is 17.5 Å². The molecule has 2 N–H and O–H groups in total. The highest BCUT2D eigenvalue weighted by atomic mass is 16.5. The van der Waals surface area contributed by atoms with E-state index < -0.39 is 11.8 Å². The lowest BCUT2D eigenvalue weighted by molar-refractivity contribution is 0.101. The van der Waals surface area contributed by atoms with Crippen LogP contribution < -0.4 is 15.4 Å². The molecule has 2 aromatic carbocycles. The van der Waals surface area contributed by atoms with Gasteiger partial charge in [0.15, 0.2) is 5.69 Å². The number of nitrogens with one attached hydrogen (secondary N) is 2. The molecule has 0 spiro atoms. The number of amides is 2. The van der Waals surface area contributed by atoms with Crippen LogP contribution in [0.3, 0.4) is 0 Å². The monoisotopic (exact) mass is 398 g/mol. The van der Waals surface area contributed by atoms with Gasteiger partial charge in [-0.1, -0.05) is 24.3 Å². The minimum Gasteiger partial charge on any atom is -0.481 e. The molecule has 2 amide bonds. The van der Waals surface area contributed by atoms with Crippen LogP contribution in [0.25, 0.3) is 4.85 Å². The Morgan fingerprint density at radius 1 is 1.00 bits per heavy atom. The van der Waals surface area contributed by atoms with Crippen molar-refractivity contribution in [2.75, 3.05) is 17.7 Å². The first-order chi connectivity index (χ1) is 14.5. The van der Waals surface area contributed by atoms with E-state index in [1.807, 2.05) is 6.07 Å². The summed E-state index contributed by atoms with van der Waals surface area (Å²) in [6.45, 7) is 6.95. The number of nitriles is 1. The van der Waals surface area contributed by atoms with Crippen molar-refractivity contribution in [3.8, 4) is 11.9 Å². The third-order valence-electron chi connectivity index (χ3n) is 3.91. The van der Waals surface area contributed by atoms with Gasteiger partial charge in [0, 0.05) is 17.2 Å². The molecule has 0 atom stereocenters. The van der Waals surface area contributed by atoms with E-state index in [1.54, 1.807) is 0 Å². The Morgan fingerprint density at radius 3 is 2.17 bits per heavy atom. The summed E-state index contributed by atoms with van der Waals surface area (Å²) in [4.78, 5) is 36.3. The molecule has 0 saturated heterocycles. The fourth-order valence-electron chi connectivity index (χ4n) is 2.40. The van der Waals surface area contributed by atoms with Gasteiger partial charge >= 0.3 is 0 Å². The highest BCUT2D eigenvalue weighted by Gasteiger charge is 2.13. The lowest BCUT2D eigenvalue weighted by Crippen LogP contribution is -2.17. The second-order valence-electron chi connectivity index (χ2n) is 5.88. The van der Waals surface area contributed by atoms with Crippen LogP contribution in [-0.4, -0.2) is 28.9 Å². The maximum Gasteiger partial charge on any atom is 0.258 e. The van der Waals surface area contributed by atoms with Crippen LogP contribution in [0, 0.1) is 17.9 Å². The predicted octanol–water partition coefficient (Wildman–Crippen LogP) is 3.41.